The van der Waals surface area contributed by atoms with Crippen molar-refractivity contribution < 1.29 is 14.3 Å². The third-order valence-corrected chi connectivity index (χ3v) is 6.02. The van der Waals surface area contributed by atoms with E-state index in [9.17, 15) is 9.59 Å². The van der Waals surface area contributed by atoms with Gasteiger partial charge in [0, 0.05) is 11.3 Å². The van der Waals surface area contributed by atoms with E-state index in [1.165, 1.54) is 21.8 Å². The molecule has 1 aliphatic rings. The van der Waals surface area contributed by atoms with Gasteiger partial charge in [-0.25, -0.2) is 0 Å². The first-order valence-corrected chi connectivity index (χ1v) is 10.2. The van der Waals surface area contributed by atoms with Crippen molar-refractivity contribution in [3.8, 4) is 5.75 Å². The molecule has 27 heavy (non-hydrogen) atoms. The molecule has 1 aliphatic carbocycles. The van der Waals surface area contributed by atoms with Crippen molar-refractivity contribution in [3.05, 3.63) is 45.8 Å². The van der Waals surface area contributed by atoms with Crippen LogP contribution in [0.15, 0.2) is 24.3 Å². The molecule has 0 bridgehead atoms. The molecule has 144 valence electrons. The smallest absolute Gasteiger partial charge is 0.251 e. The average Bonchev–Trinajstić information content (AvgIpc) is 2.97. The lowest BCUT2D eigenvalue weighted by atomic mass is 9.88. The minimum atomic E-state index is -0.458. The Hall–Kier alpha value is -2.34. The summed E-state index contributed by atoms with van der Waals surface area (Å²) in [5.74, 6) is 0.827. The van der Waals surface area contributed by atoms with Gasteiger partial charge in [0.2, 0.25) is 5.91 Å². The summed E-state index contributed by atoms with van der Waals surface area (Å²) in [7, 11) is 0. The van der Waals surface area contributed by atoms with Crippen LogP contribution in [0, 0.1) is 12.8 Å². The van der Waals surface area contributed by atoms with E-state index in [1.807, 2.05) is 31.2 Å². The predicted molar refractivity (Wildman–Crippen MR) is 109 cm³/mol. The van der Waals surface area contributed by atoms with E-state index < -0.39 is 5.91 Å². The van der Waals surface area contributed by atoms with Crippen LogP contribution >= 0.6 is 11.3 Å². The summed E-state index contributed by atoms with van der Waals surface area (Å²) in [5, 5.41) is 3.50. The van der Waals surface area contributed by atoms with E-state index in [0.29, 0.717) is 35.9 Å². The van der Waals surface area contributed by atoms with Crippen LogP contribution in [0.1, 0.15) is 52.5 Å². The monoisotopic (exact) mass is 386 g/mol. The third kappa shape index (κ3) is 4.89. The highest BCUT2D eigenvalue weighted by Gasteiger charge is 2.27. The van der Waals surface area contributed by atoms with Crippen LogP contribution in [0.5, 0.6) is 5.75 Å². The first-order chi connectivity index (χ1) is 12.9. The largest absolute Gasteiger partial charge is 0.494 e. The Morgan fingerprint density at radius 3 is 2.74 bits per heavy atom. The molecule has 1 heterocycles. The van der Waals surface area contributed by atoms with E-state index in [0.717, 1.165) is 30.6 Å². The summed E-state index contributed by atoms with van der Waals surface area (Å²) in [6, 6.07) is 7.83. The quantitative estimate of drug-likeness (QED) is 0.704. The third-order valence-electron chi connectivity index (χ3n) is 4.85. The van der Waals surface area contributed by atoms with Gasteiger partial charge >= 0.3 is 0 Å². The van der Waals surface area contributed by atoms with Crippen LogP contribution in [0.4, 0.5) is 5.00 Å². The molecule has 0 aliphatic heterocycles. The molecule has 0 fully saturated rings. The first kappa shape index (κ1) is 19.4. The second-order valence-corrected chi connectivity index (χ2v) is 8.34. The topological polar surface area (TPSA) is 81.4 Å². The maximum atomic E-state index is 12.3. The molecule has 0 unspecified atom stereocenters. The maximum absolute atomic E-state index is 12.3. The zero-order valence-corrected chi connectivity index (χ0v) is 16.7. The Morgan fingerprint density at radius 2 is 2.04 bits per heavy atom. The van der Waals surface area contributed by atoms with Crippen molar-refractivity contribution in [1.29, 1.82) is 0 Å². The number of nitrogens with one attached hydrogen (secondary N) is 1. The van der Waals surface area contributed by atoms with Gasteiger partial charge in [0.1, 0.15) is 10.8 Å². The highest BCUT2D eigenvalue weighted by molar-refractivity contribution is 7.17. The zero-order valence-electron chi connectivity index (χ0n) is 15.8. The van der Waals surface area contributed by atoms with E-state index in [2.05, 4.69) is 12.2 Å². The molecule has 3 rings (SSSR count). The molecule has 0 spiro atoms. The number of hydrogen-bond donors (Lipinski definition) is 2. The second-order valence-electron chi connectivity index (χ2n) is 7.23. The molecule has 2 aromatic rings. The lowest BCUT2D eigenvalue weighted by molar-refractivity contribution is -0.116. The van der Waals surface area contributed by atoms with Crippen LogP contribution in [0.25, 0.3) is 0 Å². The molecule has 1 atom stereocenters. The van der Waals surface area contributed by atoms with Crippen molar-refractivity contribution in [2.24, 2.45) is 11.7 Å². The number of amides is 2. The number of aryl methyl sites for hydroxylation is 1. The number of nitrogens with two attached hydrogens (primary N) is 1. The van der Waals surface area contributed by atoms with Crippen molar-refractivity contribution in [1.82, 2.24) is 0 Å². The number of ether oxygens (including phenoxy) is 1. The normalized spacial score (nSPS) is 15.9. The fraction of sp³-hybridized carbons (Fsp3) is 0.429. The highest BCUT2D eigenvalue weighted by Crippen LogP contribution is 2.39. The summed E-state index contributed by atoms with van der Waals surface area (Å²) >= 11 is 1.50. The highest BCUT2D eigenvalue weighted by atomic mass is 32.1. The van der Waals surface area contributed by atoms with E-state index in [-0.39, 0.29) is 5.91 Å². The van der Waals surface area contributed by atoms with Gasteiger partial charge in [-0.05, 0) is 56.2 Å². The van der Waals surface area contributed by atoms with Gasteiger partial charge in [-0.15, -0.1) is 11.3 Å². The number of carbonyl (C=O) groups excluding carboxylic acids is 2. The van der Waals surface area contributed by atoms with Crippen LogP contribution in [0.2, 0.25) is 0 Å². The lowest BCUT2D eigenvalue weighted by Crippen LogP contribution is -2.19. The Balaban J connectivity index is 1.54. The van der Waals surface area contributed by atoms with Gasteiger partial charge in [-0.1, -0.05) is 24.6 Å². The predicted octanol–water partition coefficient (Wildman–Crippen LogP) is 4.08. The summed E-state index contributed by atoms with van der Waals surface area (Å²) in [5.41, 5.74) is 8.30. The maximum Gasteiger partial charge on any atom is 0.251 e. The van der Waals surface area contributed by atoms with Gasteiger partial charge in [-0.2, -0.15) is 0 Å². The van der Waals surface area contributed by atoms with Gasteiger partial charge in [0.25, 0.3) is 5.91 Å². The Morgan fingerprint density at radius 1 is 1.30 bits per heavy atom. The van der Waals surface area contributed by atoms with Gasteiger partial charge in [-0.3, -0.25) is 9.59 Å². The lowest BCUT2D eigenvalue weighted by Gasteiger charge is -2.18. The molecule has 5 nitrogen and oxygen atoms in total. The van der Waals surface area contributed by atoms with E-state index in [1.54, 1.807) is 0 Å². The van der Waals surface area contributed by atoms with Crippen molar-refractivity contribution >= 4 is 28.2 Å². The Bertz CT molecular complexity index is 827. The van der Waals surface area contributed by atoms with Crippen molar-refractivity contribution in [2.45, 2.75) is 46.0 Å². The second kappa shape index (κ2) is 8.57. The molecule has 2 amide bonds. The number of thiophene rings is 1. The number of carbonyl (C=O) groups is 2. The summed E-state index contributed by atoms with van der Waals surface area (Å²) in [6.07, 6.45) is 3.79. The molecule has 0 saturated carbocycles. The molecule has 1 aromatic heterocycles. The number of rotatable bonds is 7. The molecular formula is C21H26N2O3S. The summed E-state index contributed by atoms with van der Waals surface area (Å²) < 4.78 is 5.65. The number of primary amides is 1. The molecule has 0 radical (unpaired) electrons. The van der Waals surface area contributed by atoms with Crippen LogP contribution < -0.4 is 15.8 Å². The van der Waals surface area contributed by atoms with E-state index >= 15 is 0 Å². The van der Waals surface area contributed by atoms with E-state index in [4.69, 9.17) is 10.5 Å². The molecule has 3 N–H and O–H groups in total. The molecule has 1 aromatic carbocycles. The molecule has 6 heteroatoms. The number of fused-ring (bicyclic) bond motifs is 1. The van der Waals surface area contributed by atoms with Crippen molar-refractivity contribution in [3.63, 3.8) is 0 Å². The van der Waals surface area contributed by atoms with Crippen LogP contribution in [-0.2, 0) is 17.6 Å². The number of hydrogen-bond acceptors (Lipinski definition) is 4. The fourth-order valence-electron chi connectivity index (χ4n) is 3.35. The SMILES string of the molecule is Cc1ccc(OCCCC(=O)Nc2sc3c(c2C(N)=O)CC[C@@H](C)C3)cc1. The Kier molecular flexibility index (Phi) is 6.16. The number of benzene rings is 1. The fourth-order valence-corrected chi connectivity index (χ4v) is 4.78. The molecule has 0 saturated heterocycles. The van der Waals surface area contributed by atoms with Crippen molar-refractivity contribution in [2.75, 3.05) is 11.9 Å². The average molecular weight is 387 g/mol. The zero-order chi connectivity index (χ0) is 19.4. The van der Waals surface area contributed by atoms with Crippen LogP contribution in [0.3, 0.4) is 0 Å². The Labute approximate surface area is 163 Å². The first-order valence-electron chi connectivity index (χ1n) is 9.37. The summed E-state index contributed by atoms with van der Waals surface area (Å²) in [6.45, 7) is 4.70. The van der Waals surface area contributed by atoms with Gasteiger partial charge < -0.3 is 15.8 Å². The number of anilines is 1. The van der Waals surface area contributed by atoms with Crippen LogP contribution in [-0.4, -0.2) is 18.4 Å². The summed E-state index contributed by atoms with van der Waals surface area (Å²) in [4.78, 5) is 25.4. The standard InChI is InChI=1S/C21H26N2O3S/c1-13-5-8-15(9-6-13)26-11-3-4-18(24)23-21-19(20(22)25)16-10-7-14(2)12-17(16)27-21/h5-6,8-9,14H,3-4,7,10-12H2,1-2H3,(H2,22,25)(H,23,24)/t14-/m1/s1. The minimum Gasteiger partial charge on any atom is -0.494 e. The van der Waals surface area contributed by atoms with Gasteiger partial charge in [0.05, 0.1) is 12.2 Å². The van der Waals surface area contributed by atoms with Gasteiger partial charge in [0.15, 0.2) is 0 Å². The minimum absolute atomic E-state index is 0.114. The molecular weight excluding hydrogens is 360 g/mol.